The molecule has 7 nitrogen and oxygen atoms in total. The van der Waals surface area contributed by atoms with Crippen molar-refractivity contribution in [3.63, 3.8) is 0 Å². The quantitative estimate of drug-likeness (QED) is 0.780. The first kappa shape index (κ1) is 18.3. The molecule has 0 aliphatic rings. The maximum atomic E-state index is 12.3. The van der Waals surface area contributed by atoms with Gasteiger partial charge in [-0.05, 0) is 44.2 Å². The van der Waals surface area contributed by atoms with Crippen molar-refractivity contribution in [1.29, 1.82) is 0 Å². The van der Waals surface area contributed by atoms with Crippen molar-refractivity contribution in [3.8, 4) is 0 Å². The lowest BCUT2D eigenvalue weighted by molar-refractivity contribution is -0.119. The molecule has 1 N–H and O–H groups in total. The number of nitrogens with one attached hydrogen (secondary N) is 1. The van der Waals surface area contributed by atoms with Gasteiger partial charge in [-0.15, -0.1) is 0 Å². The number of rotatable bonds is 7. The van der Waals surface area contributed by atoms with E-state index in [1.54, 1.807) is 35.2 Å². The molecule has 0 bridgehead atoms. The van der Waals surface area contributed by atoms with Gasteiger partial charge in [-0.2, -0.15) is 0 Å². The van der Waals surface area contributed by atoms with E-state index < -0.39 is 18.5 Å². The van der Waals surface area contributed by atoms with Crippen LogP contribution in [-0.2, 0) is 9.53 Å². The number of furan rings is 1. The Hall–Kier alpha value is -3.09. The van der Waals surface area contributed by atoms with E-state index >= 15 is 0 Å². The van der Waals surface area contributed by atoms with E-state index in [9.17, 15) is 14.4 Å². The SMILES string of the molecule is CCN(CC)C(=O)c1cccc(NC(=O)COC(=O)c2ccco2)c1. The third-order valence-corrected chi connectivity index (χ3v) is 3.50. The van der Waals surface area contributed by atoms with Crippen LogP contribution in [0, 0.1) is 0 Å². The molecular weight excluding hydrogens is 324 g/mol. The summed E-state index contributed by atoms with van der Waals surface area (Å²) in [6, 6.07) is 9.62. The number of esters is 1. The fourth-order valence-electron chi connectivity index (χ4n) is 2.22. The van der Waals surface area contributed by atoms with Gasteiger partial charge in [0.25, 0.3) is 11.8 Å². The smallest absolute Gasteiger partial charge is 0.374 e. The van der Waals surface area contributed by atoms with Crippen LogP contribution in [0.25, 0.3) is 0 Å². The van der Waals surface area contributed by atoms with Crippen LogP contribution in [0.1, 0.15) is 34.8 Å². The maximum Gasteiger partial charge on any atom is 0.374 e. The van der Waals surface area contributed by atoms with Gasteiger partial charge < -0.3 is 19.4 Å². The minimum Gasteiger partial charge on any atom is -0.457 e. The summed E-state index contributed by atoms with van der Waals surface area (Å²) < 4.78 is 9.73. The minimum absolute atomic E-state index is 0.0274. The first-order valence-corrected chi connectivity index (χ1v) is 7.95. The summed E-state index contributed by atoms with van der Waals surface area (Å²) >= 11 is 0. The number of carbonyl (C=O) groups excluding carboxylic acids is 3. The van der Waals surface area contributed by atoms with E-state index in [0.717, 1.165) is 0 Å². The molecule has 1 aromatic heterocycles. The highest BCUT2D eigenvalue weighted by atomic mass is 16.5. The Morgan fingerprint density at radius 3 is 2.52 bits per heavy atom. The third-order valence-electron chi connectivity index (χ3n) is 3.50. The zero-order chi connectivity index (χ0) is 18.2. The Morgan fingerprint density at radius 2 is 1.88 bits per heavy atom. The van der Waals surface area contributed by atoms with Crippen LogP contribution in [0.3, 0.4) is 0 Å². The Balaban J connectivity index is 1.93. The van der Waals surface area contributed by atoms with Crippen LogP contribution in [-0.4, -0.2) is 42.4 Å². The van der Waals surface area contributed by atoms with Crippen molar-refractivity contribution in [2.75, 3.05) is 25.0 Å². The number of hydrogen-bond acceptors (Lipinski definition) is 5. The van der Waals surface area contributed by atoms with Gasteiger partial charge >= 0.3 is 5.97 Å². The standard InChI is InChI=1S/C18H20N2O5/c1-3-20(4-2)17(22)13-7-5-8-14(11-13)19-16(21)12-25-18(23)15-9-6-10-24-15/h5-11H,3-4,12H2,1-2H3,(H,19,21). The molecule has 1 heterocycles. The first-order chi connectivity index (χ1) is 12.0. The van der Waals surface area contributed by atoms with E-state index in [1.807, 2.05) is 13.8 Å². The number of benzene rings is 1. The predicted octanol–water partition coefficient (Wildman–Crippen LogP) is 2.56. The average Bonchev–Trinajstić information content (AvgIpc) is 3.15. The summed E-state index contributed by atoms with van der Waals surface area (Å²) in [5.41, 5.74) is 0.936. The van der Waals surface area contributed by atoms with Crippen molar-refractivity contribution in [3.05, 3.63) is 54.0 Å². The van der Waals surface area contributed by atoms with Crippen LogP contribution in [0.5, 0.6) is 0 Å². The van der Waals surface area contributed by atoms with Crippen LogP contribution in [0.2, 0.25) is 0 Å². The highest BCUT2D eigenvalue weighted by Gasteiger charge is 2.15. The molecule has 1 aromatic carbocycles. The summed E-state index contributed by atoms with van der Waals surface area (Å²) in [5.74, 6) is -1.30. The van der Waals surface area contributed by atoms with Crippen molar-refractivity contribution < 1.29 is 23.5 Å². The largest absolute Gasteiger partial charge is 0.457 e. The van der Waals surface area contributed by atoms with Gasteiger partial charge in [0.1, 0.15) is 0 Å². The Morgan fingerprint density at radius 1 is 1.12 bits per heavy atom. The Kier molecular flexibility index (Phi) is 6.33. The number of nitrogens with zero attached hydrogens (tertiary/aromatic N) is 1. The lowest BCUT2D eigenvalue weighted by Gasteiger charge is -2.19. The second-order valence-corrected chi connectivity index (χ2v) is 5.16. The second kappa shape index (κ2) is 8.68. The lowest BCUT2D eigenvalue weighted by atomic mass is 10.1. The van der Waals surface area contributed by atoms with E-state index in [2.05, 4.69) is 5.32 Å². The first-order valence-electron chi connectivity index (χ1n) is 7.95. The van der Waals surface area contributed by atoms with Crippen LogP contribution in [0.4, 0.5) is 5.69 Å². The van der Waals surface area contributed by atoms with Gasteiger partial charge in [-0.1, -0.05) is 6.07 Å². The predicted molar refractivity (Wildman–Crippen MR) is 91.3 cm³/mol. The lowest BCUT2D eigenvalue weighted by Crippen LogP contribution is -2.30. The van der Waals surface area contributed by atoms with Crippen molar-refractivity contribution >= 4 is 23.5 Å². The molecule has 2 aromatic rings. The van der Waals surface area contributed by atoms with E-state index in [-0.39, 0.29) is 11.7 Å². The number of carbonyl (C=O) groups is 3. The van der Waals surface area contributed by atoms with Crippen molar-refractivity contribution in [2.24, 2.45) is 0 Å². The highest BCUT2D eigenvalue weighted by molar-refractivity contribution is 5.98. The molecule has 25 heavy (non-hydrogen) atoms. The van der Waals surface area contributed by atoms with E-state index in [0.29, 0.717) is 24.3 Å². The molecule has 0 spiro atoms. The van der Waals surface area contributed by atoms with Crippen molar-refractivity contribution in [1.82, 2.24) is 4.90 Å². The van der Waals surface area contributed by atoms with Crippen LogP contribution >= 0.6 is 0 Å². The molecule has 2 amide bonds. The molecule has 0 atom stereocenters. The van der Waals surface area contributed by atoms with Crippen molar-refractivity contribution in [2.45, 2.75) is 13.8 Å². The number of anilines is 1. The Bertz CT molecular complexity index is 736. The average molecular weight is 344 g/mol. The fourth-order valence-corrected chi connectivity index (χ4v) is 2.22. The van der Waals surface area contributed by atoms with E-state index in [1.165, 1.54) is 12.3 Å². The monoisotopic (exact) mass is 344 g/mol. The number of hydrogen-bond donors (Lipinski definition) is 1. The van der Waals surface area contributed by atoms with Gasteiger partial charge in [-0.3, -0.25) is 9.59 Å². The van der Waals surface area contributed by atoms with Gasteiger partial charge in [0.2, 0.25) is 5.76 Å². The molecule has 2 rings (SSSR count). The van der Waals surface area contributed by atoms with Gasteiger partial charge in [0.05, 0.1) is 6.26 Å². The zero-order valence-corrected chi connectivity index (χ0v) is 14.2. The molecule has 132 valence electrons. The van der Waals surface area contributed by atoms with Gasteiger partial charge in [0, 0.05) is 24.3 Å². The summed E-state index contributed by atoms with van der Waals surface area (Å²) in [6.07, 6.45) is 1.34. The molecule has 7 heteroatoms. The molecule has 0 saturated carbocycles. The number of ether oxygens (including phenoxy) is 1. The molecule has 0 aliphatic carbocycles. The normalized spacial score (nSPS) is 10.2. The topological polar surface area (TPSA) is 88.9 Å². The third kappa shape index (κ3) is 4.94. The van der Waals surface area contributed by atoms with Crippen LogP contribution in [0.15, 0.2) is 47.1 Å². The zero-order valence-electron chi connectivity index (χ0n) is 14.2. The minimum atomic E-state index is -0.717. The highest BCUT2D eigenvalue weighted by Crippen LogP contribution is 2.13. The fraction of sp³-hybridized carbons (Fsp3) is 0.278. The molecule has 0 saturated heterocycles. The molecule has 0 fully saturated rings. The summed E-state index contributed by atoms with van der Waals surface area (Å²) in [6.45, 7) is 4.57. The molecular formula is C18H20N2O5. The molecule has 0 radical (unpaired) electrons. The van der Waals surface area contributed by atoms with Gasteiger partial charge in [0.15, 0.2) is 6.61 Å². The Labute approximate surface area is 145 Å². The second-order valence-electron chi connectivity index (χ2n) is 5.16. The molecule has 0 aliphatic heterocycles. The van der Waals surface area contributed by atoms with E-state index in [4.69, 9.17) is 9.15 Å². The number of amides is 2. The van der Waals surface area contributed by atoms with Crippen LogP contribution < -0.4 is 5.32 Å². The molecule has 0 unspecified atom stereocenters. The van der Waals surface area contributed by atoms with Gasteiger partial charge in [-0.25, -0.2) is 4.79 Å². The summed E-state index contributed by atoms with van der Waals surface area (Å²) in [7, 11) is 0. The maximum absolute atomic E-state index is 12.3. The summed E-state index contributed by atoms with van der Waals surface area (Å²) in [5, 5.41) is 2.60. The summed E-state index contributed by atoms with van der Waals surface area (Å²) in [4.78, 5) is 37.5.